The highest BCUT2D eigenvalue weighted by Gasteiger charge is 2.32. The van der Waals surface area contributed by atoms with E-state index in [-0.39, 0.29) is 6.42 Å². The molecule has 1 atom stereocenters. The van der Waals surface area contributed by atoms with E-state index in [9.17, 15) is 9.90 Å². The van der Waals surface area contributed by atoms with Gasteiger partial charge in [0.1, 0.15) is 11.4 Å². The number of methoxy groups -OCH3 is 1. The van der Waals surface area contributed by atoms with Gasteiger partial charge in [0.2, 0.25) is 0 Å². The summed E-state index contributed by atoms with van der Waals surface area (Å²) in [6.45, 7) is 5.50. The summed E-state index contributed by atoms with van der Waals surface area (Å²) in [5.74, 6) is -0.266. The molecule has 1 aromatic carbocycles. The second-order valence-corrected chi connectivity index (χ2v) is 4.59. The Labute approximate surface area is 107 Å². The topological polar surface area (TPSA) is 66.8 Å². The molecule has 1 unspecified atom stereocenters. The molecule has 1 aromatic rings. The van der Waals surface area contributed by atoms with Crippen LogP contribution in [0, 0.1) is 13.8 Å². The average Bonchev–Trinajstić information content (AvgIpc) is 2.30. The standard InChI is InChI=1S/C14H20O4/c1-5-14(17,8-13(15)16)11-6-10(3)12(18-4)7-9(11)2/h6-7,17H,5,8H2,1-4H3,(H,15,16). The monoisotopic (exact) mass is 252 g/mol. The van der Waals surface area contributed by atoms with E-state index in [2.05, 4.69) is 0 Å². The molecule has 2 N–H and O–H groups in total. The molecule has 0 heterocycles. The summed E-state index contributed by atoms with van der Waals surface area (Å²) >= 11 is 0. The third-order valence-corrected chi connectivity index (χ3v) is 3.27. The SMILES string of the molecule is CCC(O)(CC(=O)O)c1cc(C)c(OC)cc1C. The predicted octanol–water partition coefficient (Wildman–Crippen LogP) is 2.38. The molecule has 0 saturated heterocycles. The fourth-order valence-electron chi connectivity index (χ4n) is 2.17. The van der Waals surface area contributed by atoms with Crippen molar-refractivity contribution in [3.8, 4) is 5.75 Å². The van der Waals surface area contributed by atoms with Crippen molar-refractivity contribution < 1.29 is 19.7 Å². The number of rotatable bonds is 5. The molecule has 0 spiro atoms. The maximum Gasteiger partial charge on any atom is 0.306 e. The molecule has 0 radical (unpaired) electrons. The molecule has 0 saturated carbocycles. The lowest BCUT2D eigenvalue weighted by Crippen LogP contribution is -2.29. The van der Waals surface area contributed by atoms with Crippen LogP contribution in [0.3, 0.4) is 0 Å². The average molecular weight is 252 g/mol. The minimum atomic E-state index is -1.33. The van der Waals surface area contributed by atoms with Crippen LogP contribution in [-0.2, 0) is 10.4 Å². The molecular formula is C14H20O4. The Hall–Kier alpha value is -1.55. The van der Waals surface area contributed by atoms with Gasteiger partial charge in [0.25, 0.3) is 0 Å². The van der Waals surface area contributed by atoms with Crippen LogP contribution in [0.25, 0.3) is 0 Å². The lowest BCUT2D eigenvalue weighted by molar-refractivity contribution is -0.143. The normalized spacial score (nSPS) is 14.1. The maximum atomic E-state index is 10.9. The molecule has 0 aliphatic heterocycles. The van der Waals surface area contributed by atoms with Crippen molar-refractivity contribution in [2.45, 2.75) is 39.2 Å². The molecule has 4 heteroatoms. The summed E-state index contributed by atoms with van der Waals surface area (Å²) in [4.78, 5) is 10.9. The van der Waals surface area contributed by atoms with Crippen molar-refractivity contribution in [3.05, 3.63) is 28.8 Å². The molecule has 0 bridgehead atoms. The van der Waals surface area contributed by atoms with Gasteiger partial charge in [-0.25, -0.2) is 0 Å². The number of ether oxygens (including phenoxy) is 1. The third-order valence-electron chi connectivity index (χ3n) is 3.27. The number of aliphatic carboxylic acids is 1. The van der Waals surface area contributed by atoms with E-state index in [1.165, 1.54) is 0 Å². The molecule has 0 fully saturated rings. The largest absolute Gasteiger partial charge is 0.496 e. The van der Waals surface area contributed by atoms with Gasteiger partial charge >= 0.3 is 5.97 Å². The maximum absolute atomic E-state index is 10.9. The summed E-state index contributed by atoms with van der Waals surface area (Å²) in [5.41, 5.74) is 1.05. The zero-order chi connectivity index (χ0) is 13.9. The molecule has 18 heavy (non-hydrogen) atoms. The van der Waals surface area contributed by atoms with Gasteiger partial charge in [-0.3, -0.25) is 4.79 Å². The smallest absolute Gasteiger partial charge is 0.306 e. The van der Waals surface area contributed by atoms with Crippen molar-refractivity contribution >= 4 is 5.97 Å². The highest BCUT2D eigenvalue weighted by molar-refractivity contribution is 5.69. The molecule has 1 rings (SSSR count). The quantitative estimate of drug-likeness (QED) is 0.844. The first-order chi connectivity index (χ1) is 8.34. The fourth-order valence-corrected chi connectivity index (χ4v) is 2.17. The van der Waals surface area contributed by atoms with E-state index in [1.54, 1.807) is 20.1 Å². The minimum Gasteiger partial charge on any atom is -0.496 e. The van der Waals surface area contributed by atoms with Gasteiger partial charge in [-0.05, 0) is 49.1 Å². The highest BCUT2D eigenvalue weighted by Crippen LogP contribution is 2.34. The molecular weight excluding hydrogens is 232 g/mol. The van der Waals surface area contributed by atoms with Crippen molar-refractivity contribution in [2.24, 2.45) is 0 Å². The number of carbonyl (C=O) groups is 1. The van der Waals surface area contributed by atoms with E-state index < -0.39 is 11.6 Å². The summed E-state index contributed by atoms with van der Waals surface area (Å²) in [7, 11) is 1.59. The number of hydrogen-bond acceptors (Lipinski definition) is 3. The Kier molecular flexibility index (Phi) is 4.35. The Morgan fingerprint density at radius 3 is 2.39 bits per heavy atom. The molecule has 0 aliphatic rings. The predicted molar refractivity (Wildman–Crippen MR) is 68.9 cm³/mol. The van der Waals surface area contributed by atoms with Crippen LogP contribution in [0.5, 0.6) is 5.75 Å². The van der Waals surface area contributed by atoms with Crippen LogP contribution in [-0.4, -0.2) is 23.3 Å². The van der Waals surface area contributed by atoms with Crippen molar-refractivity contribution in [1.82, 2.24) is 0 Å². The van der Waals surface area contributed by atoms with E-state index >= 15 is 0 Å². The van der Waals surface area contributed by atoms with Gasteiger partial charge < -0.3 is 14.9 Å². The number of carboxylic acids is 1. The summed E-state index contributed by atoms with van der Waals surface area (Å²) < 4.78 is 5.21. The van der Waals surface area contributed by atoms with Gasteiger partial charge in [0, 0.05) is 0 Å². The number of aliphatic hydroxyl groups is 1. The van der Waals surface area contributed by atoms with Gasteiger partial charge in [-0.15, -0.1) is 0 Å². The van der Waals surface area contributed by atoms with Crippen LogP contribution in [0.1, 0.15) is 36.5 Å². The van der Waals surface area contributed by atoms with Crippen LogP contribution < -0.4 is 4.74 Å². The Balaban J connectivity index is 3.30. The Morgan fingerprint density at radius 2 is 1.94 bits per heavy atom. The van der Waals surface area contributed by atoms with E-state index in [0.717, 1.165) is 16.9 Å². The zero-order valence-corrected chi connectivity index (χ0v) is 11.3. The summed E-state index contributed by atoms with van der Waals surface area (Å²) in [6, 6.07) is 3.63. The van der Waals surface area contributed by atoms with E-state index in [4.69, 9.17) is 9.84 Å². The summed E-state index contributed by atoms with van der Waals surface area (Å²) in [6.07, 6.45) is 0.0576. The summed E-state index contributed by atoms with van der Waals surface area (Å²) in [5, 5.41) is 19.4. The van der Waals surface area contributed by atoms with Crippen molar-refractivity contribution in [1.29, 1.82) is 0 Å². The number of aryl methyl sites for hydroxylation is 2. The first-order valence-corrected chi connectivity index (χ1v) is 5.94. The van der Waals surface area contributed by atoms with E-state index in [0.29, 0.717) is 12.0 Å². The zero-order valence-electron chi connectivity index (χ0n) is 11.3. The lowest BCUT2D eigenvalue weighted by atomic mass is 9.84. The van der Waals surface area contributed by atoms with Gasteiger partial charge in [-0.1, -0.05) is 6.92 Å². The fraction of sp³-hybridized carbons (Fsp3) is 0.500. The van der Waals surface area contributed by atoms with Gasteiger partial charge in [0.05, 0.1) is 13.5 Å². The third kappa shape index (κ3) is 2.82. The van der Waals surface area contributed by atoms with Crippen molar-refractivity contribution in [2.75, 3.05) is 7.11 Å². The molecule has 100 valence electrons. The van der Waals surface area contributed by atoms with Crippen LogP contribution >= 0.6 is 0 Å². The first-order valence-electron chi connectivity index (χ1n) is 5.94. The first kappa shape index (κ1) is 14.5. The molecule has 0 amide bonds. The molecule has 0 aromatic heterocycles. The minimum absolute atomic E-state index is 0.296. The van der Waals surface area contributed by atoms with Gasteiger partial charge in [-0.2, -0.15) is 0 Å². The van der Waals surface area contributed by atoms with Crippen molar-refractivity contribution in [3.63, 3.8) is 0 Å². The van der Waals surface area contributed by atoms with E-state index in [1.807, 2.05) is 19.9 Å². The Bertz CT molecular complexity index is 453. The van der Waals surface area contributed by atoms with Crippen LogP contribution in [0.2, 0.25) is 0 Å². The Morgan fingerprint density at radius 1 is 1.33 bits per heavy atom. The van der Waals surface area contributed by atoms with Crippen LogP contribution in [0.4, 0.5) is 0 Å². The van der Waals surface area contributed by atoms with Crippen LogP contribution in [0.15, 0.2) is 12.1 Å². The molecule has 0 aliphatic carbocycles. The number of carboxylic acid groups (broad SMARTS) is 1. The number of hydrogen-bond donors (Lipinski definition) is 2. The molecule has 4 nitrogen and oxygen atoms in total. The second kappa shape index (κ2) is 5.40. The second-order valence-electron chi connectivity index (χ2n) is 4.59. The highest BCUT2D eigenvalue weighted by atomic mass is 16.5. The number of benzene rings is 1. The van der Waals surface area contributed by atoms with Gasteiger partial charge in [0.15, 0.2) is 0 Å². The lowest BCUT2D eigenvalue weighted by Gasteiger charge is -2.28.